The van der Waals surface area contributed by atoms with Gasteiger partial charge in [0.25, 0.3) is 5.91 Å². The second-order valence-corrected chi connectivity index (χ2v) is 6.45. The minimum absolute atomic E-state index is 0.0635. The molecule has 0 bridgehead atoms. The van der Waals surface area contributed by atoms with Crippen LogP contribution in [0, 0.1) is 12.8 Å². The van der Waals surface area contributed by atoms with Crippen LogP contribution in [-0.2, 0) is 16.0 Å². The Kier molecular flexibility index (Phi) is 5.46. The van der Waals surface area contributed by atoms with Crippen LogP contribution >= 0.6 is 0 Å². The second kappa shape index (κ2) is 7.95. The number of carbonyl (C=O) groups is 2. The molecule has 1 heterocycles. The van der Waals surface area contributed by atoms with E-state index in [-0.39, 0.29) is 17.7 Å². The lowest BCUT2D eigenvalue weighted by Crippen LogP contribution is -2.35. The predicted molar refractivity (Wildman–Crippen MR) is 99.2 cm³/mol. The highest BCUT2D eigenvalue weighted by molar-refractivity contribution is 5.86. The van der Waals surface area contributed by atoms with Crippen molar-refractivity contribution in [3.8, 4) is 5.75 Å². The van der Waals surface area contributed by atoms with Gasteiger partial charge in [-0.2, -0.15) is 0 Å². The number of hydrogen-bond donors (Lipinski definition) is 1. The van der Waals surface area contributed by atoms with E-state index in [0.717, 1.165) is 27.5 Å². The minimum atomic E-state index is -0.286. The number of aryl methyl sites for hydroxylation is 1. The van der Waals surface area contributed by atoms with Crippen molar-refractivity contribution in [2.75, 3.05) is 13.7 Å². The molecule has 134 valence electrons. The molecule has 1 unspecified atom stereocenters. The molecule has 5 heteroatoms. The van der Waals surface area contributed by atoms with Gasteiger partial charge in [-0.1, -0.05) is 30.3 Å². The molecule has 26 heavy (non-hydrogen) atoms. The zero-order valence-corrected chi connectivity index (χ0v) is 15.0. The van der Waals surface area contributed by atoms with Crippen LogP contribution in [0.15, 0.2) is 47.5 Å². The molecule has 0 saturated heterocycles. The Hall–Kier alpha value is -2.95. The zero-order valence-electron chi connectivity index (χ0n) is 15.0. The van der Waals surface area contributed by atoms with Crippen LogP contribution in [0.4, 0.5) is 0 Å². The summed E-state index contributed by atoms with van der Waals surface area (Å²) >= 11 is 0. The summed E-state index contributed by atoms with van der Waals surface area (Å²) in [4.78, 5) is 28.4. The first-order chi connectivity index (χ1) is 12.5. The number of rotatable bonds is 6. The molecule has 0 aliphatic carbocycles. The van der Waals surface area contributed by atoms with Crippen molar-refractivity contribution in [2.24, 2.45) is 10.9 Å². The van der Waals surface area contributed by atoms with Crippen molar-refractivity contribution in [2.45, 2.75) is 19.8 Å². The summed E-state index contributed by atoms with van der Waals surface area (Å²) in [6, 6.07) is 13.3. The van der Waals surface area contributed by atoms with E-state index in [1.54, 1.807) is 7.11 Å². The normalized spacial score (nSPS) is 15.5. The fourth-order valence-electron chi connectivity index (χ4n) is 2.95. The number of nitrogens with one attached hydrogen (secondary N) is 1. The van der Waals surface area contributed by atoms with E-state index in [1.165, 1.54) is 0 Å². The third-order valence-electron chi connectivity index (χ3n) is 4.42. The van der Waals surface area contributed by atoms with Crippen molar-refractivity contribution in [3.63, 3.8) is 0 Å². The molecule has 1 aliphatic rings. The monoisotopic (exact) mass is 350 g/mol. The minimum Gasteiger partial charge on any atom is -0.497 e. The molecule has 1 atom stereocenters. The van der Waals surface area contributed by atoms with Gasteiger partial charge >= 0.3 is 0 Å². The Labute approximate surface area is 152 Å². The van der Waals surface area contributed by atoms with Crippen molar-refractivity contribution in [1.82, 2.24) is 5.32 Å². The highest BCUT2D eigenvalue weighted by Gasteiger charge is 2.18. The first-order valence-electron chi connectivity index (χ1n) is 8.66. The Morgan fingerprint density at radius 1 is 1.19 bits per heavy atom. The number of hydrogen-bond acceptors (Lipinski definition) is 3. The summed E-state index contributed by atoms with van der Waals surface area (Å²) in [6.07, 6.45) is 2.79. The molecule has 0 spiro atoms. The number of carbonyl (C=O) groups excluding carboxylic acids is 2. The van der Waals surface area contributed by atoms with Gasteiger partial charge in [0.2, 0.25) is 5.91 Å². The molecule has 2 amide bonds. The summed E-state index contributed by atoms with van der Waals surface area (Å²) < 4.78 is 5.10. The maximum atomic E-state index is 12.2. The molecular formula is C21H22N2O3. The maximum Gasteiger partial charge on any atom is 0.253 e. The number of methoxy groups -OCH3 is 1. The standard InChI is InChI=1S/C21H22N2O3/c1-14-3-6-16-13-17(21(25)23-19(16)11-14)9-10-22-20(24)12-15-4-7-18(26-2)8-5-15/h3-8,11,13,17H,9-10,12H2,1-2H3,(H,22,24). The van der Waals surface area contributed by atoms with Crippen molar-refractivity contribution < 1.29 is 14.3 Å². The average Bonchev–Trinajstić information content (AvgIpc) is 2.63. The van der Waals surface area contributed by atoms with Gasteiger partial charge in [0.1, 0.15) is 5.75 Å². The molecule has 5 nitrogen and oxygen atoms in total. The second-order valence-electron chi connectivity index (χ2n) is 6.45. The molecule has 1 N–H and O–H groups in total. The van der Waals surface area contributed by atoms with Gasteiger partial charge in [-0.05, 0) is 47.9 Å². The molecule has 0 radical (unpaired) electrons. The summed E-state index contributed by atoms with van der Waals surface area (Å²) in [7, 11) is 1.61. The van der Waals surface area contributed by atoms with Crippen LogP contribution in [0.3, 0.4) is 0 Å². The lowest BCUT2D eigenvalue weighted by atomic mass is 9.99. The largest absolute Gasteiger partial charge is 0.497 e. The van der Waals surface area contributed by atoms with Crippen molar-refractivity contribution in [3.05, 3.63) is 64.2 Å². The van der Waals surface area contributed by atoms with Gasteiger partial charge in [-0.3, -0.25) is 9.59 Å². The number of benzene rings is 2. The van der Waals surface area contributed by atoms with E-state index in [4.69, 9.17) is 4.74 Å². The quantitative estimate of drug-likeness (QED) is 0.854. The van der Waals surface area contributed by atoms with Crippen molar-refractivity contribution in [1.29, 1.82) is 0 Å². The third-order valence-corrected chi connectivity index (χ3v) is 4.42. The molecule has 0 fully saturated rings. The van der Waals surface area contributed by atoms with E-state index in [0.29, 0.717) is 19.4 Å². The number of ether oxygens (including phenoxy) is 1. The summed E-state index contributed by atoms with van der Waals surface area (Å²) in [5.74, 6) is 0.269. The average molecular weight is 350 g/mol. The molecular weight excluding hydrogens is 328 g/mol. The van der Waals surface area contributed by atoms with Crippen LogP contribution in [0.1, 0.15) is 17.5 Å². The molecule has 1 aliphatic heterocycles. The van der Waals surface area contributed by atoms with Gasteiger partial charge in [-0.25, -0.2) is 4.99 Å². The van der Waals surface area contributed by atoms with E-state index < -0.39 is 0 Å². The fraction of sp³-hybridized carbons (Fsp3) is 0.286. The number of nitrogens with zero attached hydrogens (tertiary/aromatic N) is 1. The highest BCUT2D eigenvalue weighted by atomic mass is 16.5. The molecule has 2 aromatic carbocycles. The Bertz CT molecular complexity index is 933. The first-order valence-corrected chi connectivity index (χ1v) is 8.66. The number of fused-ring (bicyclic) bond motifs is 1. The van der Waals surface area contributed by atoms with Crippen LogP contribution in [-0.4, -0.2) is 25.5 Å². The molecule has 3 rings (SSSR count). The fourth-order valence-corrected chi connectivity index (χ4v) is 2.95. The molecule has 2 aromatic rings. The van der Waals surface area contributed by atoms with Gasteiger partial charge < -0.3 is 10.1 Å². The summed E-state index contributed by atoms with van der Waals surface area (Å²) in [6.45, 7) is 2.42. The van der Waals surface area contributed by atoms with Crippen molar-refractivity contribution >= 4 is 17.9 Å². The third kappa shape index (κ3) is 4.36. The van der Waals surface area contributed by atoms with E-state index in [2.05, 4.69) is 10.3 Å². The smallest absolute Gasteiger partial charge is 0.253 e. The summed E-state index contributed by atoms with van der Waals surface area (Å²) in [5.41, 5.74) is 2.00. The molecule has 0 aromatic heterocycles. The van der Waals surface area contributed by atoms with Crippen LogP contribution < -0.4 is 20.6 Å². The van der Waals surface area contributed by atoms with E-state index in [9.17, 15) is 9.59 Å². The SMILES string of the molecule is COc1ccc(CC(=O)NCCC2C=c3ccc(C)cc3=NC2=O)cc1. The Morgan fingerprint density at radius 2 is 1.96 bits per heavy atom. The van der Waals surface area contributed by atoms with Gasteiger partial charge in [-0.15, -0.1) is 0 Å². The van der Waals surface area contributed by atoms with Gasteiger partial charge in [0.15, 0.2) is 0 Å². The van der Waals surface area contributed by atoms with E-state index >= 15 is 0 Å². The van der Waals surface area contributed by atoms with E-state index in [1.807, 2.05) is 55.5 Å². The topological polar surface area (TPSA) is 67.8 Å². The zero-order chi connectivity index (χ0) is 18.5. The Balaban J connectivity index is 1.53. The lowest BCUT2D eigenvalue weighted by molar-refractivity contribution is -0.122. The number of amides is 2. The molecule has 0 saturated carbocycles. The maximum absolute atomic E-state index is 12.2. The first kappa shape index (κ1) is 17.9. The predicted octanol–water partition coefficient (Wildman–Crippen LogP) is 1.31. The van der Waals surface area contributed by atoms with Crippen LogP contribution in [0.5, 0.6) is 5.75 Å². The lowest BCUT2D eigenvalue weighted by Gasteiger charge is -2.13. The van der Waals surface area contributed by atoms with Crippen LogP contribution in [0.2, 0.25) is 0 Å². The highest BCUT2D eigenvalue weighted by Crippen LogP contribution is 2.12. The summed E-state index contributed by atoms with van der Waals surface area (Å²) in [5, 5.41) is 4.58. The van der Waals surface area contributed by atoms with Crippen LogP contribution in [0.25, 0.3) is 6.08 Å². The Morgan fingerprint density at radius 3 is 2.69 bits per heavy atom. The van der Waals surface area contributed by atoms with Gasteiger partial charge in [0.05, 0.1) is 24.8 Å². The van der Waals surface area contributed by atoms with Gasteiger partial charge in [0, 0.05) is 6.54 Å².